The zero-order valence-electron chi connectivity index (χ0n) is 12.6. The summed E-state index contributed by atoms with van der Waals surface area (Å²) in [4.78, 5) is 0. The molecule has 0 aromatic heterocycles. The number of aliphatic hydroxyl groups is 1. The number of hydrogen-bond donors (Lipinski definition) is 2. The predicted molar refractivity (Wildman–Crippen MR) is 81.0 cm³/mol. The van der Waals surface area contributed by atoms with Crippen LogP contribution in [0.4, 0.5) is 0 Å². The van der Waals surface area contributed by atoms with E-state index in [2.05, 4.69) is 5.32 Å². The second-order valence-corrected chi connectivity index (χ2v) is 5.27. The van der Waals surface area contributed by atoms with Gasteiger partial charge < -0.3 is 24.6 Å². The van der Waals surface area contributed by atoms with E-state index in [0.717, 1.165) is 31.7 Å². The zero-order chi connectivity index (χ0) is 14.9. The molecule has 2 N–H and O–H groups in total. The first-order chi connectivity index (χ1) is 10.3. The van der Waals surface area contributed by atoms with Crippen molar-refractivity contribution >= 4 is 0 Å². The first-order valence-electron chi connectivity index (χ1n) is 7.55. The summed E-state index contributed by atoms with van der Waals surface area (Å²) < 4.78 is 16.2. The molecule has 0 bridgehead atoms. The molecule has 0 radical (unpaired) electrons. The maximum atomic E-state index is 9.88. The smallest absolute Gasteiger partial charge is 0.123 e. The van der Waals surface area contributed by atoms with Gasteiger partial charge in [0.1, 0.15) is 24.2 Å². The molecule has 1 fully saturated rings. The van der Waals surface area contributed by atoms with Gasteiger partial charge in [0.2, 0.25) is 0 Å². The van der Waals surface area contributed by atoms with Crippen molar-refractivity contribution in [2.24, 2.45) is 0 Å². The molecule has 2 atom stereocenters. The second-order valence-electron chi connectivity index (χ2n) is 5.27. The van der Waals surface area contributed by atoms with Gasteiger partial charge in [-0.15, -0.1) is 0 Å². The predicted octanol–water partition coefficient (Wildman–Crippen LogP) is 1.59. The van der Waals surface area contributed by atoms with E-state index in [0.29, 0.717) is 18.4 Å². The quantitative estimate of drug-likeness (QED) is 0.678. The van der Waals surface area contributed by atoms with E-state index in [1.807, 2.05) is 18.2 Å². The molecule has 0 saturated carbocycles. The average molecular weight is 295 g/mol. The minimum Gasteiger partial charge on any atom is -0.497 e. The first kappa shape index (κ1) is 16.1. The van der Waals surface area contributed by atoms with Crippen molar-refractivity contribution in [1.82, 2.24) is 5.32 Å². The Labute approximate surface area is 126 Å². The summed E-state index contributed by atoms with van der Waals surface area (Å²) in [5.41, 5.74) is 0. The van der Waals surface area contributed by atoms with Crippen molar-refractivity contribution in [3.63, 3.8) is 0 Å². The molecule has 2 rings (SSSR count). The molecule has 21 heavy (non-hydrogen) atoms. The molecule has 2 unspecified atom stereocenters. The molecule has 0 aliphatic carbocycles. The van der Waals surface area contributed by atoms with Crippen molar-refractivity contribution in [2.45, 2.75) is 31.5 Å². The van der Waals surface area contributed by atoms with E-state index in [1.54, 1.807) is 13.2 Å². The van der Waals surface area contributed by atoms with Crippen LogP contribution in [0.15, 0.2) is 24.3 Å². The maximum absolute atomic E-state index is 9.88. The van der Waals surface area contributed by atoms with Gasteiger partial charge in [0, 0.05) is 19.2 Å². The lowest BCUT2D eigenvalue weighted by Crippen LogP contribution is -2.33. The van der Waals surface area contributed by atoms with Gasteiger partial charge in [-0.25, -0.2) is 0 Å². The van der Waals surface area contributed by atoms with Crippen molar-refractivity contribution in [3.8, 4) is 11.5 Å². The van der Waals surface area contributed by atoms with Crippen molar-refractivity contribution in [3.05, 3.63) is 24.3 Å². The van der Waals surface area contributed by atoms with Crippen LogP contribution in [0.3, 0.4) is 0 Å². The largest absolute Gasteiger partial charge is 0.497 e. The van der Waals surface area contributed by atoms with Gasteiger partial charge in [0.25, 0.3) is 0 Å². The van der Waals surface area contributed by atoms with Crippen LogP contribution in [0.1, 0.15) is 19.3 Å². The lowest BCUT2D eigenvalue weighted by atomic mass is 10.2. The summed E-state index contributed by atoms with van der Waals surface area (Å²) in [6, 6.07) is 7.37. The Balaban J connectivity index is 1.57. The molecule has 118 valence electrons. The van der Waals surface area contributed by atoms with Crippen molar-refractivity contribution < 1.29 is 19.3 Å². The zero-order valence-corrected chi connectivity index (χ0v) is 12.6. The summed E-state index contributed by atoms with van der Waals surface area (Å²) in [6.07, 6.45) is 3.19. The van der Waals surface area contributed by atoms with E-state index in [-0.39, 0.29) is 6.61 Å². The van der Waals surface area contributed by atoms with Crippen LogP contribution in [0.2, 0.25) is 0 Å². The van der Waals surface area contributed by atoms with Gasteiger partial charge >= 0.3 is 0 Å². The Bertz CT molecular complexity index is 407. The second kappa shape index (κ2) is 8.87. The Morgan fingerprint density at radius 2 is 2.29 bits per heavy atom. The summed E-state index contributed by atoms with van der Waals surface area (Å²) in [7, 11) is 1.62. The molecule has 5 nitrogen and oxygen atoms in total. The standard InChI is InChI=1S/C16H25NO4/c1-19-15-4-2-5-16(10-15)21-12-13(18)11-17-8-7-14-6-3-9-20-14/h2,4-5,10,13-14,17-18H,3,6-9,11-12H2,1H3. The third-order valence-corrected chi connectivity index (χ3v) is 3.53. The Hall–Kier alpha value is -1.30. The highest BCUT2D eigenvalue weighted by atomic mass is 16.5. The van der Waals surface area contributed by atoms with E-state index in [9.17, 15) is 5.11 Å². The van der Waals surface area contributed by atoms with Crippen LogP contribution in [-0.4, -0.2) is 50.7 Å². The molecule has 1 aromatic carbocycles. The van der Waals surface area contributed by atoms with E-state index in [4.69, 9.17) is 14.2 Å². The van der Waals surface area contributed by atoms with Crippen LogP contribution in [0.5, 0.6) is 11.5 Å². The van der Waals surface area contributed by atoms with E-state index >= 15 is 0 Å². The Kier molecular flexibility index (Phi) is 6.79. The SMILES string of the molecule is COc1cccc(OCC(O)CNCCC2CCCO2)c1. The normalized spacial score (nSPS) is 19.4. The molecular weight excluding hydrogens is 270 g/mol. The summed E-state index contributed by atoms with van der Waals surface area (Å²) in [6.45, 7) is 2.54. The van der Waals surface area contributed by atoms with E-state index < -0.39 is 6.10 Å². The minimum atomic E-state index is -0.527. The lowest BCUT2D eigenvalue weighted by Gasteiger charge is -2.15. The van der Waals surface area contributed by atoms with Crippen LogP contribution >= 0.6 is 0 Å². The van der Waals surface area contributed by atoms with Gasteiger partial charge in [-0.2, -0.15) is 0 Å². The Morgan fingerprint density at radius 3 is 3.05 bits per heavy atom. The number of aliphatic hydroxyl groups excluding tert-OH is 1. The van der Waals surface area contributed by atoms with E-state index in [1.165, 1.54) is 6.42 Å². The van der Waals surface area contributed by atoms with Gasteiger partial charge in [0.15, 0.2) is 0 Å². The molecule has 1 aliphatic rings. The number of nitrogens with one attached hydrogen (secondary N) is 1. The first-order valence-corrected chi connectivity index (χ1v) is 7.55. The van der Waals surface area contributed by atoms with Crippen LogP contribution in [-0.2, 0) is 4.74 Å². The van der Waals surface area contributed by atoms with Crippen LogP contribution in [0, 0.1) is 0 Å². The third kappa shape index (κ3) is 5.91. The number of ether oxygens (including phenoxy) is 3. The number of hydrogen-bond acceptors (Lipinski definition) is 5. The molecule has 1 saturated heterocycles. The van der Waals surface area contributed by atoms with Gasteiger partial charge in [0.05, 0.1) is 13.2 Å². The lowest BCUT2D eigenvalue weighted by molar-refractivity contribution is 0.0941. The molecule has 1 heterocycles. The number of rotatable bonds is 9. The molecule has 1 aliphatic heterocycles. The molecule has 0 spiro atoms. The average Bonchev–Trinajstić information content (AvgIpc) is 3.03. The minimum absolute atomic E-state index is 0.264. The maximum Gasteiger partial charge on any atom is 0.123 e. The topological polar surface area (TPSA) is 60.0 Å². The molecule has 1 aromatic rings. The van der Waals surface area contributed by atoms with Gasteiger partial charge in [-0.3, -0.25) is 0 Å². The number of methoxy groups -OCH3 is 1. The fraction of sp³-hybridized carbons (Fsp3) is 0.625. The highest BCUT2D eigenvalue weighted by Gasteiger charge is 2.14. The van der Waals surface area contributed by atoms with Gasteiger partial charge in [-0.05, 0) is 37.9 Å². The molecule has 5 heteroatoms. The van der Waals surface area contributed by atoms with Crippen molar-refractivity contribution in [1.29, 1.82) is 0 Å². The van der Waals surface area contributed by atoms with Crippen LogP contribution in [0.25, 0.3) is 0 Å². The highest BCUT2D eigenvalue weighted by Crippen LogP contribution is 2.18. The summed E-state index contributed by atoms with van der Waals surface area (Å²) in [5.74, 6) is 1.45. The fourth-order valence-corrected chi connectivity index (χ4v) is 2.35. The summed E-state index contributed by atoms with van der Waals surface area (Å²) in [5, 5.41) is 13.1. The monoisotopic (exact) mass is 295 g/mol. The van der Waals surface area contributed by atoms with Gasteiger partial charge in [-0.1, -0.05) is 6.07 Å². The van der Waals surface area contributed by atoms with Crippen molar-refractivity contribution in [2.75, 3.05) is 33.4 Å². The number of benzene rings is 1. The fourth-order valence-electron chi connectivity index (χ4n) is 2.35. The molecular formula is C16H25NO4. The highest BCUT2D eigenvalue weighted by molar-refractivity contribution is 5.32. The Morgan fingerprint density at radius 1 is 1.43 bits per heavy atom. The molecule has 0 amide bonds. The van der Waals surface area contributed by atoms with Crippen LogP contribution < -0.4 is 14.8 Å². The third-order valence-electron chi connectivity index (χ3n) is 3.53. The summed E-state index contributed by atoms with van der Waals surface area (Å²) >= 11 is 0.